The summed E-state index contributed by atoms with van der Waals surface area (Å²) >= 11 is 0. The van der Waals surface area contributed by atoms with Crippen molar-refractivity contribution in [3.8, 4) is 0 Å². The van der Waals surface area contributed by atoms with Gasteiger partial charge in [0.25, 0.3) is 0 Å². The standard InChI is InChI=1S/C13H23NO4/c1-13(2,3)18-12(16)14-7-5-10(6-8-14)9-11(15)17-4/h9,11,15H,5-8H2,1-4H3. The molecule has 1 unspecified atom stereocenters. The van der Waals surface area contributed by atoms with Crippen LogP contribution in [-0.4, -0.2) is 48.2 Å². The average molecular weight is 257 g/mol. The van der Waals surface area contributed by atoms with Gasteiger partial charge in [-0.05, 0) is 39.7 Å². The summed E-state index contributed by atoms with van der Waals surface area (Å²) in [4.78, 5) is 13.5. The third-order valence-corrected chi connectivity index (χ3v) is 2.68. The highest BCUT2D eigenvalue weighted by atomic mass is 16.6. The third-order valence-electron chi connectivity index (χ3n) is 2.68. The Balaban J connectivity index is 2.44. The van der Waals surface area contributed by atoms with Crippen molar-refractivity contribution in [2.45, 2.75) is 45.5 Å². The van der Waals surface area contributed by atoms with Gasteiger partial charge in [0.1, 0.15) is 5.60 Å². The lowest BCUT2D eigenvalue weighted by Crippen LogP contribution is -2.40. The van der Waals surface area contributed by atoms with Gasteiger partial charge < -0.3 is 19.5 Å². The van der Waals surface area contributed by atoms with E-state index in [2.05, 4.69) is 0 Å². The smallest absolute Gasteiger partial charge is 0.410 e. The fourth-order valence-electron chi connectivity index (χ4n) is 1.74. The van der Waals surface area contributed by atoms with E-state index in [4.69, 9.17) is 9.47 Å². The summed E-state index contributed by atoms with van der Waals surface area (Å²) in [6.45, 7) is 6.81. The Labute approximate surface area is 108 Å². The van der Waals surface area contributed by atoms with Gasteiger partial charge >= 0.3 is 6.09 Å². The summed E-state index contributed by atoms with van der Waals surface area (Å²) < 4.78 is 10.1. The molecule has 5 heteroatoms. The van der Waals surface area contributed by atoms with Crippen LogP contribution in [0.4, 0.5) is 4.79 Å². The van der Waals surface area contributed by atoms with Gasteiger partial charge in [0, 0.05) is 20.2 Å². The van der Waals surface area contributed by atoms with Crippen LogP contribution >= 0.6 is 0 Å². The van der Waals surface area contributed by atoms with Crippen molar-refractivity contribution < 1.29 is 19.4 Å². The highest BCUT2D eigenvalue weighted by Gasteiger charge is 2.24. The number of nitrogens with zero attached hydrogens (tertiary/aromatic N) is 1. The number of aliphatic hydroxyl groups is 1. The fraction of sp³-hybridized carbons (Fsp3) is 0.769. The lowest BCUT2D eigenvalue weighted by atomic mass is 10.0. The molecule has 5 nitrogen and oxygen atoms in total. The molecule has 0 spiro atoms. The number of aliphatic hydroxyl groups excluding tert-OH is 1. The number of methoxy groups -OCH3 is 1. The normalized spacial score (nSPS) is 18.5. The Hall–Kier alpha value is -1.07. The molecule has 1 aliphatic rings. The number of rotatable bonds is 2. The molecule has 1 atom stereocenters. The number of carbonyl (C=O) groups is 1. The van der Waals surface area contributed by atoms with Crippen molar-refractivity contribution in [1.29, 1.82) is 0 Å². The molecule has 1 aliphatic heterocycles. The van der Waals surface area contributed by atoms with E-state index in [0.29, 0.717) is 13.1 Å². The van der Waals surface area contributed by atoms with Crippen molar-refractivity contribution in [1.82, 2.24) is 4.90 Å². The van der Waals surface area contributed by atoms with E-state index in [1.54, 1.807) is 11.0 Å². The predicted octanol–water partition coefficient (Wildman–Crippen LogP) is 1.91. The van der Waals surface area contributed by atoms with Gasteiger partial charge in [-0.3, -0.25) is 0 Å². The molecule has 1 heterocycles. The summed E-state index contributed by atoms with van der Waals surface area (Å²) in [7, 11) is 1.46. The first-order chi connectivity index (χ1) is 8.31. The molecule has 0 bridgehead atoms. The van der Waals surface area contributed by atoms with Gasteiger partial charge in [0.05, 0.1) is 0 Å². The molecule has 1 N–H and O–H groups in total. The second-order valence-electron chi connectivity index (χ2n) is 5.42. The zero-order valence-corrected chi connectivity index (χ0v) is 11.6. The number of hydrogen-bond acceptors (Lipinski definition) is 4. The Kier molecular flexibility index (Phi) is 5.16. The Morgan fingerprint density at radius 3 is 2.39 bits per heavy atom. The van der Waals surface area contributed by atoms with Crippen LogP contribution in [0.3, 0.4) is 0 Å². The summed E-state index contributed by atoms with van der Waals surface area (Å²) in [5, 5.41) is 9.33. The number of hydrogen-bond donors (Lipinski definition) is 1. The average Bonchev–Trinajstić information content (AvgIpc) is 2.27. The minimum Gasteiger partial charge on any atom is -0.444 e. The van der Waals surface area contributed by atoms with Crippen LogP contribution in [0.2, 0.25) is 0 Å². The number of ether oxygens (including phenoxy) is 2. The molecule has 18 heavy (non-hydrogen) atoms. The maximum Gasteiger partial charge on any atom is 0.410 e. The molecule has 1 saturated heterocycles. The Morgan fingerprint density at radius 2 is 1.94 bits per heavy atom. The summed E-state index contributed by atoms with van der Waals surface area (Å²) in [6, 6.07) is 0. The molecule has 0 aromatic rings. The molecular formula is C13H23NO4. The molecule has 0 aromatic carbocycles. The lowest BCUT2D eigenvalue weighted by molar-refractivity contribution is -0.0366. The van der Waals surface area contributed by atoms with Crippen molar-refractivity contribution in [2.75, 3.05) is 20.2 Å². The minimum atomic E-state index is -0.854. The van der Waals surface area contributed by atoms with Crippen LogP contribution in [0.5, 0.6) is 0 Å². The lowest BCUT2D eigenvalue weighted by Gasteiger charge is -2.31. The van der Waals surface area contributed by atoms with E-state index in [0.717, 1.165) is 18.4 Å². The van der Waals surface area contributed by atoms with Gasteiger partial charge in [-0.1, -0.05) is 5.57 Å². The van der Waals surface area contributed by atoms with E-state index < -0.39 is 11.9 Å². The first-order valence-corrected chi connectivity index (χ1v) is 6.20. The molecule has 1 fully saturated rings. The first kappa shape index (κ1) is 15.0. The van der Waals surface area contributed by atoms with E-state index in [-0.39, 0.29) is 6.09 Å². The van der Waals surface area contributed by atoms with Crippen LogP contribution in [-0.2, 0) is 9.47 Å². The molecule has 104 valence electrons. The number of piperidine rings is 1. The van der Waals surface area contributed by atoms with Crippen molar-refractivity contribution in [2.24, 2.45) is 0 Å². The van der Waals surface area contributed by atoms with Crippen LogP contribution in [0, 0.1) is 0 Å². The summed E-state index contributed by atoms with van der Waals surface area (Å²) in [5.74, 6) is 0. The highest BCUT2D eigenvalue weighted by Crippen LogP contribution is 2.19. The predicted molar refractivity (Wildman–Crippen MR) is 68.1 cm³/mol. The second-order valence-corrected chi connectivity index (χ2v) is 5.42. The van der Waals surface area contributed by atoms with Crippen molar-refractivity contribution in [3.05, 3.63) is 11.6 Å². The van der Waals surface area contributed by atoms with Gasteiger partial charge in [-0.2, -0.15) is 0 Å². The molecular weight excluding hydrogens is 234 g/mol. The number of amides is 1. The van der Waals surface area contributed by atoms with Crippen LogP contribution < -0.4 is 0 Å². The Morgan fingerprint density at radius 1 is 1.39 bits per heavy atom. The van der Waals surface area contributed by atoms with Gasteiger partial charge in [-0.15, -0.1) is 0 Å². The first-order valence-electron chi connectivity index (χ1n) is 6.20. The quantitative estimate of drug-likeness (QED) is 0.606. The fourth-order valence-corrected chi connectivity index (χ4v) is 1.74. The molecule has 0 saturated carbocycles. The van der Waals surface area contributed by atoms with Crippen LogP contribution in [0.15, 0.2) is 11.6 Å². The summed E-state index contributed by atoms with van der Waals surface area (Å²) in [5.41, 5.74) is 0.656. The molecule has 1 rings (SSSR count). The zero-order valence-electron chi connectivity index (χ0n) is 11.6. The highest BCUT2D eigenvalue weighted by molar-refractivity contribution is 5.68. The largest absolute Gasteiger partial charge is 0.444 e. The van der Waals surface area contributed by atoms with Crippen molar-refractivity contribution >= 4 is 6.09 Å². The third kappa shape index (κ3) is 5.06. The van der Waals surface area contributed by atoms with Crippen LogP contribution in [0.1, 0.15) is 33.6 Å². The molecule has 0 radical (unpaired) electrons. The van der Waals surface area contributed by atoms with E-state index in [1.165, 1.54) is 7.11 Å². The SMILES string of the molecule is COC(O)C=C1CCN(C(=O)OC(C)(C)C)CC1. The minimum absolute atomic E-state index is 0.270. The van der Waals surface area contributed by atoms with Gasteiger partial charge in [0.15, 0.2) is 6.29 Å². The monoisotopic (exact) mass is 257 g/mol. The second kappa shape index (κ2) is 6.20. The van der Waals surface area contributed by atoms with Crippen LogP contribution in [0.25, 0.3) is 0 Å². The van der Waals surface area contributed by atoms with E-state index >= 15 is 0 Å². The number of carbonyl (C=O) groups excluding carboxylic acids is 1. The Bertz CT molecular complexity index is 309. The number of likely N-dealkylation sites (tertiary alicyclic amines) is 1. The zero-order chi connectivity index (χ0) is 13.8. The molecule has 1 amide bonds. The van der Waals surface area contributed by atoms with E-state index in [9.17, 15) is 9.90 Å². The van der Waals surface area contributed by atoms with Gasteiger partial charge in [-0.25, -0.2) is 4.79 Å². The maximum atomic E-state index is 11.8. The molecule has 0 aliphatic carbocycles. The van der Waals surface area contributed by atoms with E-state index in [1.807, 2.05) is 20.8 Å². The van der Waals surface area contributed by atoms with Gasteiger partial charge in [0.2, 0.25) is 0 Å². The maximum absolute atomic E-state index is 11.8. The van der Waals surface area contributed by atoms with Crippen molar-refractivity contribution in [3.63, 3.8) is 0 Å². The molecule has 0 aromatic heterocycles. The topological polar surface area (TPSA) is 59.0 Å². The summed E-state index contributed by atoms with van der Waals surface area (Å²) in [6.07, 6.45) is 2.08.